The Hall–Kier alpha value is -1.88. The van der Waals surface area contributed by atoms with Crippen LogP contribution in [0.25, 0.3) is 0 Å². The van der Waals surface area contributed by atoms with E-state index in [9.17, 15) is 9.59 Å². The molecule has 0 spiro atoms. The van der Waals surface area contributed by atoms with E-state index in [1.807, 2.05) is 45.2 Å². The molecule has 0 fully saturated rings. The number of hydrogen-bond acceptors (Lipinski definition) is 2. The van der Waals surface area contributed by atoms with E-state index in [-0.39, 0.29) is 24.4 Å². The Balaban J connectivity index is 2.59. The van der Waals surface area contributed by atoms with Gasteiger partial charge in [-0.1, -0.05) is 25.1 Å². The van der Waals surface area contributed by atoms with E-state index in [1.165, 1.54) is 0 Å². The molecule has 0 aliphatic heterocycles. The van der Waals surface area contributed by atoms with Crippen molar-refractivity contribution in [2.45, 2.75) is 33.2 Å². The fraction of sp³-hybridized carbons (Fsp3) is 0.500. The van der Waals surface area contributed by atoms with Crippen LogP contribution in [0.5, 0.6) is 0 Å². The van der Waals surface area contributed by atoms with Crippen LogP contribution in [0.4, 0.5) is 5.69 Å². The predicted molar refractivity (Wildman–Crippen MR) is 84.3 cm³/mol. The molecule has 1 unspecified atom stereocenters. The number of likely N-dealkylation sites (N-methyl/N-ethyl adjacent to an activating group) is 2. The van der Waals surface area contributed by atoms with Crippen molar-refractivity contribution in [2.24, 2.45) is 0 Å². The van der Waals surface area contributed by atoms with E-state index in [0.29, 0.717) is 6.54 Å². The van der Waals surface area contributed by atoms with Gasteiger partial charge in [-0.05, 0) is 31.9 Å². The summed E-state index contributed by atoms with van der Waals surface area (Å²) in [6.07, 6.45) is 0.870. The summed E-state index contributed by atoms with van der Waals surface area (Å²) in [5, 5.41) is 5.70. The molecule has 116 valence electrons. The summed E-state index contributed by atoms with van der Waals surface area (Å²) >= 11 is 0. The zero-order chi connectivity index (χ0) is 15.8. The Morgan fingerprint density at radius 1 is 1.24 bits per heavy atom. The first-order chi connectivity index (χ1) is 9.99. The number of aryl methyl sites for hydroxylation is 1. The minimum absolute atomic E-state index is 0.0308. The minimum atomic E-state index is -0.253. The SMILES string of the molecule is CCNC(=O)[C@H](C)[NH+](C)CC(=O)Nc1ccccc1CC. The zero-order valence-electron chi connectivity index (χ0n) is 13.3. The molecule has 5 heteroatoms. The normalized spacial score (nSPS) is 13.3. The van der Waals surface area contributed by atoms with Crippen molar-refractivity contribution in [2.75, 3.05) is 25.5 Å². The summed E-state index contributed by atoms with van der Waals surface area (Å²) in [6, 6.07) is 7.52. The summed E-state index contributed by atoms with van der Waals surface area (Å²) in [5.74, 6) is -0.110. The van der Waals surface area contributed by atoms with Gasteiger partial charge < -0.3 is 15.5 Å². The number of nitrogens with one attached hydrogen (secondary N) is 3. The van der Waals surface area contributed by atoms with Crippen molar-refractivity contribution < 1.29 is 14.5 Å². The number of para-hydroxylation sites is 1. The third-order valence-corrected chi connectivity index (χ3v) is 3.60. The Morgan fingerprint density at radius 3 is 2.52 bits per heavy atom. The van der Waals surface area contributed by atoms with Gasteiger partial charge in [-0.2, -0.15) is 0 Å². The Labute approximate surface area is 126 Å². The highest BCUT2D eigenvalue weighted by Crippen LogP contribution is 2.14. The standard InChI is InChI=1S/C16H25N3O2/c1-5-13-9-7-8-10-14(13)18-15(20)11-19(4)12(3)16(21)17-6-2/h7-10,12H,5-6,11H2,1-4H3,(H,17,21)(H,18,20)/p+1/t12-/m0/s1. The van der Waals surface area contributed by atoms with Gasteiger partial charge in [-0.25, -0.2) is 0 Å². The molecule has 5 nitrogen and oxygen atoms in total. The molecular weight excluding hydrogens is 266 g/mol. The first-order valence-electron chi connectivity index (χ1n) is 7.47. The maximum Gasteiger partial charge on any atom is 0.279 e. The molecule has 0 heterocycles. The van der Waals surface area contributed by atoms with Crippen LogP contribution in [0.2, 0.25) is 0 Å². The van der Waals surface area contributed by atoms with Gasteiger partial charge in [0.05, 0.1) is 7.05 Å². The van der Waals surface area contributed by atoms with Crippen LogP contribution in [0, 0.1) is 0 Å². The van der Waals surface area contributed by atoms with Gasteiger partial charge in [0.1, 0.15) is 0 Å². The highest BCUT2D eigenvalue weighted by atomic mass is 16.2. The molecule has 0 aromatic heterocycles. The molecule has 0 aliphatic carbocycles. The molecule has 1 aromatic carbocycles. The topological polar surface area (TPSA) is 62.6 Å². The van der Waals surface area contributed by atoms with Gasteiger partial charge in [0, 0.05) is 12.2 Å². The lowest BCUT2D eigenvalue weighted by atomic mass is 10.1. The van der Waals surface area contributed by atoms with Crippen LogP contribution in [-0.2, 0) is 16.0 Å². The highest BCUT2D eigenvalue weighted by Gasteiger charge is 2.23. The second kappa shape index (κ2) is 8.42. The summed E-state index contributed by atoms with van der Waals surface area (Å²) in [4.78, 5) is 24.7. The third kappa shape index (κ3) is 5.19. The van der Waals surface area contributed by atoms with Crippen molar-refractivity contribution in [3.8, 4) is 0 Å². The predicted octanol–water partition coefficient (Wildman–Crippen LogP) is 0.227. The van der Waals surface area contributed by atoms with Crippen LogP contribution < -0.4 is 15.5 Å². The van der Waals surface area contributed by atoms with Gasteiger partial charge >= 0.3 is 0 Å². The Bertz CT molecular complexity index is 488. The van der Waals surface area contributed by atoms with E-state index in [2.05, 4.69) is 17.6 Å². The number of carbonyl (C=O) groups excluding carboxylic acids is 2. The number of rotatable bonds is 7. The smallest absolute Gasteiger partial charge is 0.279 e. The monoisotopic (exact) mass is 292 g/mol. The number of hydrogen-bond donors (Lipinski definition) is 3. The second-order valence-corrected chi connectivity index (χ2v) is 5.20. The van der Waals surface area contributed by atoms with E-state index >= 15 is 0 Å². The molecule has 3 N–H and O–H groups in total. The summed E-state index contributed by atoms with van der Waals surface area (Å²) < 4.78 is 0. The fourth-order valence-electron chi connectivity index (χ4n) is 2.10. The molecule has 2 atom stereocenters. The Kier molecular flexibility index (Phi) is 6.88. The highest BCUT2D eigenvalue weighted by molar-refractivity contribution is 5.92. The van der Waals surface area contributed by atoms with Crippen LogP contribution in [-0.4, -0.2) is 38.0 Å². The molecule has 2 amide bonds. The van der Waals surface area contributed by atoms with Crippen molar-refractivity contribution in [1.82, 2.24) is 5.32 Å². The van der Waals surface area contributed by atoms with Gasteiger partial charge in [0.2, 0.25) is 0 Å². The van der Waals surface area contributed by atoms with Crippen LogP contribution in [0.1, 0.15) is 26.3 Å². The van der Waals surface area contributed by atoms with Crippen LogP contribution in [0.3, 0.4) is 0 Å². The van der Waals surface area contributed by atoms with Gasteiger partial charge in [0.25, 0.3) is 11.8 Å². The number of anilines is 1. The van der Waals surface area contributed by atoms with Gasteiger partial charge in [0.15, 0.2) is 12.6 Å². The van der Waals surface area contributed by atoms with E-state index in [0.717, 1.165) is 22.6 Å². The molecule has 1 rings (SSSR count). The summed E-state index contributed by atoms with van der Waals surface area (Å²) in [6.45, 7) is 6.63. The minimum Gasteiger partial charge on any atom is -0.351 e. The largest absolute Gasteiger partial charge is 0.351 e. The maximum absolute atomic E-state index is 12.1. The maximum atomic E-state index is 12.1. The molecule has 21 heavy (non-hydrogen) atoms. The average Bonchev–Trinajstić information content (AvgIpc) is 2.47. The number of amides is 2. The third-order valence-electron chi connectivity index (χ3n) is 3.60. The van der Waals surface area contributed by atoms with E-state index in [1.54, 1.807) is 0 Å². The van der Waals surface area contributed by atoms with Crippen molar-refractivity contribution in [3.63, 3.8) is 0 Å². The lowest BCUT2D eigenvalue weighted by molar-refractivity contribution is -0.885. The van der Waals surface area contributed by atoms with Crippen molar-refractivity contribution in [1.29, 1.82) is 0 Å². The molecule has 0 radical (unpaired) electrons. The molecule has 0 aliphatic rings. The number of benzene rings is 1. The van der Waals surface area contributed by atoms with Crippen LogP contribution in [0.15, 0.2) is 24.3 Å². The van der Waals surface area contributed by atoms with E-state index in [4.69, 9.17) is 0 Å². The summed E-state index contributed by atoms with van der Waals surface area (Å²) in [5.41, 5.74) is 1.96. The molecule has 0 saturated heterocycles. The van der Waals surface area contributed by atoms with Crippen molar-refractivity contribution >= 4 is 17.5 Å². The van der Waals surface area contributed by atoms with E-state index < -0.39 is 0 Å². The van der Waals surface area contributed by atoms with Gasteiger partial charge in [-0.3, -0.25) is 9.59 Å². The van der Waals surface area contributed by atoms with Gasteiger partial charge in [-0.15, -0.1) is 0 Å². The average molecular weight is 292 g/mol. The van der Waals surface area contributed by atoms with Crippen LogP contribution >= 0.6 is 0 Å². The summed E-state index contributed by atoms with van der Waals surface area (Å²) in [7, 11) is 1.85. The molecule has 0 bridgehead atoms. The molecule has 0 saturated carbocycles. The Morgan fingerprint density at radius 2 is 1.90 bits per heavy atom. The first-order valence-corrected chi connectivity index (χ1v) is 7.47. The second-order valence-electron chi connectivity index (χ2n) is 5.20. The zero-order valence-corrected chi connectivity index (χ0v) is 13.3. The lowest BCUT2D eigenvalue weighted by Crippen LogP contribution is -3.15. The first kappa shape index (κ1) is 17.2. The molecular formula is C16H26N3O2+. The molecule has 1 aromatic rings. The lowest BCUT2D eigenvalue weighted by Gasteiger charge is -2.20. The quantitative estimate of drug-likeness (QED) is 0.673. The van der Waals surface area contributed by atoms with Crippen molar-refractivity contribution in [3.05, 3.63) is 29.8 Å². The fourth-order valence-corrected chi connectivity index (χ4v) is 2.10. The number of quaternary nitrogens is 1. The number of carbonyl (C=O) groups is 2.